The highest BCUT2D eigenvalue weighted by atomic mass is 32.2. The second-order valence-corrected chi connectivity index (χ2v) is 14.8. The van der Waals surface area contributed by atoms with Crippen molar-refractivity contribution in [3.05, 3.63) is 42.0 Å². The number of fused-ring (bicyclic) bond motifs is 16. The van der Waals surface area contributed by atoms with E-state index in [0.717, 1.165) is 23.8 Å². The van der Waals surface area contributed by atoms with Crippen LogP contribution in [0.2, 0.25) is 0 Å². The van der Waals surface area contributed by atoms with Crippen LogP contribution in [0.15, 0.2) is 41.3 Å². The maximum atomic E-state index is 13.6. The molecule has 0 heterocycles. The second-order valence-electron chi connectivity index (χ2n) is 13.3. The summed E-state index contributed by atoms with van der Waals surface area (Å²) in [5.41, 5.74) is 0.378. The fourth-order valence-corrected chi connectivity index (χ4v) is 11.1. The average Bonchev–Trinajstić information content (AvgIpc) is 3.58. The normalized spacial score (nSPS) is 46.3. The molecule has 0 aliphatic heterocycles. The van der Waals surface area contributed by atoms with Gasteiger partial charge in [0, 0.05) is 0 Å². The van der Waals surface area contributed by atoms with E-state index in [1.165, 1.54) is 12.8 Å². The van der Waals surface area contributed by atoms with E-state index in [-0.39, 0.29) is 22.7 Å². The molecule has 6 aliphatic rings. The molecule has 12 atom stereocenters. The van der Waals surface area contributed by atoms with E-state index >= 15 is 0 Å². The number of carbonyl (C=O) groups is 1. The van der Waals surface area contributed by atoms with Gasteiger partial charge in [-0.15, -0.1) is 0 Å². The van der Waals surface area contributed by atoms with Crippen molar-refractivity contribution in [2.75, 3.05) is 0 Å². The van der Waals surface area contributed by atoms with Gasteiger partial charge in [0.15, 0.2) is 0 Å². The summed E-state index contributed by atoms with van der Waals surface area (Å²) in [6.07, 6.45) is 7.73. The fraction of sp³-hybridized carbons (Fsp3) is 0.690. The number of esters is 1. The third-order valence-electron chi connectivity index (χ3n) is 10.5. The first-order chi connectivity index (χ1) is 16.5. The van der Waals surface area contributed by atoms with Crippen LogP contribution in [0.1, 0.15) is 45.6 Å². The summed E-state index contributed by atoms with van der Waals surface area (Å²) in [4.78, 5) is 13.7. The van der Waals surface area contributed by atoms with Crippen molar-refractivity contribution in [1.82, 2.24) is 0 Å². The quantitative estimate of drug-likeness (QED) is 0.254. The number of carbonyl (C=O) groups excluding carboxylic acids is 1. The largest absolute Gasteiger partial charge is 0.460 e. The van der Waals surface area contributed by atoms with Gasteiger partial charge in [0.25, 0.3) is 10.1 Å². The van der Waals surface area contributed by atoms with Crippen molar-refractivity contribution in [2.24, 2.45) is 65.1 Å². The van der Waals surface area contributed by atoms with E-state index in [1.807, 2.05) is 27.7 Å². The van der Waals surface area contributed by atoms with E-state index in [1.54, 1.807) is 24.3 Å². The highest BCUT2D eigenvalue weighted by Crippen LogP contribution is 2.76. The molecule has 6 bridgehead atoms. The molecule has 0 aromatic heterocycles. The van der Waals surface area contributed by atoms with E-state index < -0.39 is 27.7 Å². The molecule has 0 N–H and O–H groups in total. The predicted octanol–water partition coefficient (Wildman–Crippen LogP) is 5.00. The first-order valence-corrected chi connectivity index (χ1v) is 14.9. The summed E-state index contributed by atoms with van der Waals surface area (Å²) in [6, 6.07) is 6.79. The number of ether oxygens (including phenoxy) is 1. The first-order valence-electron chi connectivity index (χ1n) is 13.4. The van der Waals surface area contributed by atoms with Gasteiger partial charge in [-0.2, -0.15) is 8.42 Å². The molecule has 6 aliphatic carbocycles. The molecular weight excluding hydrogens is 460 g/mol. The van der Waals surface area contributed by atoms with Gasteiger partial charge in [-0.3, -0.25) is 8.98 Å². The molecule has 5 fully saturated rings. The Balaban J connectivity index is 1.24. The third kappa shape index (κ3) is 3.14. The number of aryl methyl sites for hydroxylation is 1. The molecule has 0 amide bonds. The standard InChI is InChI=1S/C29H36O5S/c1-14-5-9-17(10-6-14)35(31,32)34-27-21-13-20(26(27)28(30)33-29(2,3)4)24-18-12-19(25(21)24)23-16-8-7-15(11-16)22(18)23/h5-10,15-16,18-27H,11-13H2,1-4H3. The minimum Gasteiger partial charge on any atom is -0.460 e. The van der Waals surface area contributed by atoms with Gasteiger partial charge >= 0.3 is 5.97 Å². The Morgan fingerprint density at radius 3 is 2.00 bits per heavy atom. The highest BCUT2D eigenvalue weighted by molar-refractivity contribution is 7.86. The van der Waals surface area contributed by atoms with Crippen LogP contribution in [0.5, 0.6) is 0 Å². The summed E-state index contributed by atoms with van der Waals surface area (Å²) in [7, 11) is -3.98. The Hall–Kier alpha value is -1.66. The van der Waals surface area contributed by atoms with E-state index in [9.17, 15) is 13.2 Å². The molecule has 0 spiro atoms. The molecule has 188 valence electrons. The van der Waals surface area contributed by atoms with Gasteiger partial charge < -0.3 is 4.74 Å². The lowest BCUT2D eigenvalue weighted by Gasteiger charge is -2.47. The van der Waals surface area contributed by atoms with Crippen molar-refractivity contribution >= 4 is 16.1 Å². The fourth-order valence-electron chi connectivity index (χ4n) is 9.93. The molecule has 0 saturated heterocycles. The van der Waals surface area contributed by atoms with Crippen molar-refractivity contribution in [1.29, 1.82) is 0 Å². The first kappa shape index (κ1) is 22.5. The van der Waals surface area contributed by atoms with Gasteiger partial charge in [-0.1, -0.05) is 29.8 Å². The number of allylic oxidation sites excluding steroid dienone is 2. The van der Waals surface area contributed by atoms with Crippen molar-refractivity contribution in [2.45, 2.75) is 63.6 Å². The maximum Gasteiger partial charge on any atom is 0.312 e. The number of benzene rings is 1. The minimum absolute atomic E-state index is 0.113. The molecule has 1 aromatic carbocycles. The monoisotopic (exact) mass is 496 g/mol. The van der Waals surface area contributed by atoms with Crippen LogP contribution < -0.4 is 0 Å². The summed E-state index contributed by atoms with van der Waals surface area (Å²) in [5, 5.41) is 0. The van der Waals surface area contributed by atoms with Crippen molar-refractivity contribution in [3.8, 4) is 0 Å². The third-order valence-corrected chi connectivity index (χ3v) is 11.9. The predicted molar refractivity (Wildman–Crippen MR) is 130 cm³/mol. The maximum absolute atomic E-state index is 13.6. The zero-order valence-electron chi connectivity index (χ0n) is 21.0. The van der Waals surface area contributed by atoms with Gasteiger partial charge in [0.05, 0.1) is 16.9 Å². The Labute approximate surface area is 208 Å². The summed E-state index contributed by atoms with van der Waals surface area (Å²) in [5.74, 6) is 4.75. The smallest absolute Gasteiger partial charge is 0.312 e. The zero-order valence-corrected chi connectivity index (χ0v) is 21.8. The Morgan fingerprint density at radius 1 is 0.829 bits per heavy atom. The molecule has 6 heteroatoms. The van der Waals surface area contributed by atoms with Gasteiger partial charge in [0.2, 0.25) is 0 Å². The molecule has 5 nitrogen and oxygen atoms in total. The highest BCUT2D eigenvalue weighted by Gasteiger charge is 2.74. The van der Waals surface area contributed by atoms with Gasteiger partial charge in [-0.05, 0) is 118 Å². The van der Waals surface area contributed by atoms with Gasteiger partial charge in [0.1, 0.15) is 5.60 Å². The molecule has 35 heavy (non-hydrogen) atoms. The van der Waals surface area contributed by atoms with E-state index in [2.05, 4.69) is 12.2 Å². The van der Waals surface area contributed by atoms with Crippen LogP contribution >= 0.6 is 0 Å². The molecule has 0 radical (unpaired) electrons. The minimum atomic E-state index is -3.98. The average molecular weight is 497 g/mol. The van der Waals surface area contributed by atoms with Crippen molar-refractivity contribution < 1.29 is 22.1 Å². The Morgan fingerprint density at radius 2 is 1.40 bits per heavy atom. The van der Waals surface area contributed by atoms with Crippen molar-refractivity contribution in [3.63, 3.8) is 0 Å². The molecule has 1 aromatic rings. The Kier molecular flexibility index (Phi) is 4.65. The topological polar surface area (TPSA) is 69.7 Å². The SMILES string of the molecule is Cc1ccc(S(=O)(=O)OC2C3CC(C2C(=O)OC(C)(C)C)C2C4CC(C5C6C=CC(C6)C45)C32)cc1. The molecular formula is C29H36O5S. The van der Waals surface area contributed by atoms with Crippen LogP contribution in [0.25, 0.3) is 0 Å². The van der Waals surface area contributed by atoms with E-state index in [4.69, 9.17) is 8.92 Å². The molecule has 5 saturated carbocycles. The molecule has 7 rings (SSSR count). The van der Waals surface area contributed by atoms with Crippen LogP contribution in [-0.2, 0) is 23.8 Å². The zero-order chi connectivity index (χ0) is 24.4. The molecule has 12 unspecified atom stereocenters. The second kappa shape index (κ2) is 7.22. The van der Waals surface area contributed by atoms with Crippen LogP contribution in [0, 0.1) is 72.0 Å². The van der Waals surface area contributed by atoms with Crippen LogP contribution in [0.3, 0.4) is 0 Å². The van der Waals surface area contributed by atoms with E-state index in [0.29, 0.717) is 35.5 Å². The number of hydrogen-bond donors (Lipinski definition) is 0. The lowest BCUT2D eigenvalue weighted by atomic mass is 9.59. The summed E-state index contributed by atoms with van der Waals surface area (Å²) >= 11 is 0. The van der Waals surface area contributed by atoms with Gasteiger partial charge in [-0.25, -0.2) is 0 Å². The Bertz CT molecular complexity index is 1190. The summed E-state index contributed by atoms with van der Waals surface area (Å²) < 4.78 is 38.7. The lowest BCUT2D eigenvalue weighted by molar-refractivity contribution is -0.169. The number of rotatable bonds is 4. The lowest BCUT2D eigenvalue weighted by Crippen LogP contribution is -2.50. The number of hydrogen-bond acceptors (Lipinski definition) is 5. The van der Waals surface area contributed by atoms with Crippen LogP contribution in [-0.4, -0.2) is 26.1 Å². The van der Waals surface area contributed by atoms with Crippen LogP contribution in [0.4, 0.5) is 0 Å². The summed E-state index contributed by atoms with van der Waals surface area (Å²) in [6.45, 7) is 7.57.